The standard InChI is InChI=1S/C17H29NO2/c1-4-7-8-12-20-17-14(13-15(18)5-2)10-9-11-16(17)19-6-3/h9-11,15H,4-8,12-13,18H2,1-3H3. The largest absolute Gasteiger partial charge is 0.490 e. The Balaban J connectivity index is 2.82. The molecule has 0 spiro atoms. The third kappa shape index (κ3) is 5.41. The van der Waals surface area contributed by atoms with E-state index < -0.39 is 0 Å². The van der Waals surface area contributed by atoms with Crippen LogP contribution in [0.4, 0.5) is 0 Å². The number of para-hydroxylation sites is 1. The lowest BCUT2D eigenvalue weighted by molar-refractivity contribution is 0.268. The van der Waals surface area contributed by atoms with Crippen molar-refractivity contribution in [1.82, 2.24) is 0 Å². The van der Waals surface area contributed by atoms with Crippen LogP contribution in [0.25, 0.3) is 0 Å². The molecule has 0 bridgehead atoms. The second-order valence-corrected chi connectivity index (χ2v) is 5.11. The number of nitrogens with two attached hydrogens (primary N) is 1. The molecule has 2 N–H and O–H groups in total. The molecule has 0 radical (unpaired) electrons. The van der Waals surface area contributed by atoms with Crippen molar-refractivity contribution in [2.75, 3.05) is 13.2 Å². The fourth-order valence-electron chi connectivity index (χ4n) is 2.11. The Bertz CT molecular complexity index is 379. The normalized spacial score (nSPS) is 12.2. The zero-order chi connectivity index (χ0) is 14.8. The van der Waals surface area contributed by atoms with Gasteiger partial charge in [0.05, 0.1) is 13.2 Å². The maximum absolute atomic E-state index is 6.08. The lowest BCUT2D eigenvalue weighted by atomic mass is 10.0. The van der Waals surface area contributed by atoms with Gasteiger partial charge in [0, 0.05) is 6.04 Å². The maximum Gasteiger partial charge on any atom is 0.164 e. The lowest BCUT2D eigenvalue weighted by Gasteiger charge is -2.17. The van der Waals surface area contributed by atoms with Gasteiger partial charge >= 0.3 is 0 Å². The molecule has 1 atom stereocenters. The van der Waals surface area contributed by atoms with Gasteiger partial charge in [-0.3, -0.25) is 0 Å². The number of benzene rings is 1. The van der Waals surface area contributed by atoms with Gasteiger partial charge < -0.3 is 15.2 Å². The molecular weight excluding hydrogens is 250 g/mol. The van der Waals surface area contributed by atoms with Crippen LogP contribution in [0.3, 0.4) is 0 Å². The highest BCUT2D eigenvalue weighted by Gasteiger charge is 2.13. The highest BCUT2D eigenvalue weighted by molar-refractivity contribution is 5.47. The average molecular weight is 279 g/mol. The van der Waals surface area contributed by atoms with Crippen LogP contribution in [0.5, 0.6) is 11.5 Å². The van der Waals surface area contributed by atoms with Crippen LogP contribution >= 0.6 is 0 Å². The van der Waals surface area contributed by atoms with Crippen LogP contribution in [0, 0.1) is 0 Å². The van der Waals surface area contributed by atoms with Crippen molar-refractivity contribution in [3.63, 3.8) is 0 Å². The predicted octanol–water partition coefficient (Wildman–Crippen LogP) is 3.93. The smallest absolute Gasteiger partial charge is 0.164 e. The Morgan fingerprint density at radius 2 is 1.90 bits per heavy atom. The summed E-state index contributed by atoms with van der Waals surface area (Å²) in [6, 6.07) is 6.25. The lowest BCUT2D eigenvalue weighted by Crippen LogP contribution is -2.22. The summed E-state index contributed by atoms with van der Waals surface area (Å²) < 4.78 is 11.7. The Morgan fingerprint density at radius 1 is 1.10 bits per heavy atom. The Morgan fingerprint density at radius 3 is 2.55 bits per heavy atom. The number of hydrogen-bond acceptors (Lipinski definition) is 3. The minimum absolute atomic E-state index is 0.171. The van der Waals surface area contributed by atoms with Crippen LogP contribution in [0.15, 0.2) is 18.2 Å². The summed E-state index contributed by atoms with van der Waals surface area (Å²) >= 11 is 0. The van der Waals surface area contributed by atoms with Gasteiger partial charge in [-0.05, 0) is 37.8 Å². The third-order valence-corrected chi connectivity index (χ3v) is 3.36. The first kappa shape index (κ1) is 16.8. The molecule has 0 saturated heterocycles. The molecule has 20 heavy (non-hydrogen) atoms. The Labute approximate surface area is 123 Å². The molecule has 3 heteroatoms. The van der Waals surface area contributed by atoms with Crippen molar-refractivity contribution in [2.45, 2.75) is 58.9 Å². The molecule has 3 nitrogen and oxygen atoms in total. The summed E-state index contributed by atoms with van der Waals surface area (Å²) in [5.41, 5.74) is 7.23. The highest BCUT2D eigenvalue weighted by Crippen LogP contribution is 2.32. The molecule has 0 aliphatic carbocycles. The monoisotopic (exact) mass is 279 g/mol. The van der Waals surface area contributed by atoms with E-state index in [9.17, 15) is 0 Å². The van der Waals surface area contributed by atoms with Crippen LogP contribution in [-0.4, -0.2) is 19.3 Å². The van der Waals surface area contributed by atoms with Gasteiger partial charge in [0.25, 0.3) is 0 Å². The van der Waals surface area contributed by atoms with Gasteiger partial charge in [0.15, 0.2) is 11.5 Å². The summed E-state index contributed by atoms with van der Waals surface area (Å²) in [5, 5.41) is 0. The van der Waals surface area contributed by atoms with E-state index in [0.717, 1.165) is 42.9 Å². The van der Waals surface area contributed by atoms with E-state index in [1.165, 1.54) is 12.8 Å². The molecule has 1 aromatic rings. The topological polar surface area (TPSA) is 44.5 Å². The van der Waals surface area contributed by atoms with Gasteiger partial charge in [-0.25, -0.2) is 0 Å². The molecule has 1 rings (SSSR count). The van der Waals surface area contributed by atoms with E-state index >= 15 is 0 Å². The van der Waals surface area contributed by atoms with E-state index in [0.29, 0.717) is 6.61 Å². The van der Waals surface area contributed by atoms with E-state index in [-0.39, 0.29) is 6.04 Å². The van der Waals surface area contributed by atoms with Crippen LogP contribution in [-0.2, 0) is 6.42 Å². The third-order valence-electron chi connectivity index (χ3n) is 3.36. The van der Waals surface area contributed by atoms with E-state index in [2.05, 4.69) is 19.9 Å². The number of hydrogen-bond donors (Lipinski definition) is 1. The zero-order valence-electron chi connectivity index (χ0n) is 13.2. The summed E-state index contributed by atoms with van der Waals surface area (Å²) in [6.07, 6.45) is 5.27. The van der Waals surface area contributed by atoms with Gasteiger partial charge in [0.2, 0.25) is 0 Å². The summed E-state index contributed by atoms with van der Waals surface area (Å²) in [7, 11) is 0. The first-order valence-corrected chi connectivity index (χ1v) is 7.85. The quantitative estimate of drug-likeness (QED) is 0.660. The minimum Gasteiger partial charge on any atom is -0.490 e. The minimum atomic E-state index is 0.171. The summed E-state index contributed by atoms with van der Waals surface area (Å²) in [5.74, 6) is 1.72. The molecule has 1 aromatic carbocycles. The Kier molecular flexibility index (Phi) is 8.12. The van der Waals surface area contributed by atoms with E-state index in [4.69, 9.17) is 15.2 Å². The SMILES string of the molecule is CCCCCOc1c(CC(N)CC)cccc1OCC. The summed E-state index contributed by atoms with van der Waals surface area (Å²) in [4.78, 5) is 0. The molecule has 0 saturated carbocycles. The second kappa shape index (κ2) is 9.65. The molecular formula is C17H29NO2. The van der Waals surface area contributed by atoms with Crippen LogP contribution < -0.4 is 15.2 Å². The van der Waals surface area contributed by atoms with E-state index in [1.807, 2.05) is 19.1 Å². The average Bonchev–Trinajstić information content (AvgIpc) is 2.46. The molecule has 0 aromatic heterocycles. The van der Waals surface area contributed by atoms with Gasteiger partial charge in [0.1, 0.15) is 0 Å². The molecule has 0 aliphatic rings. The van der Waals surface area contributed by atoms with Crippen molar-refractivity contribution in [2.24, 2.45) is 5.73 Å². The second-order valence-electron chi connectivity index (χ2n) is 5.11. The predicted molar refractivity (Wildman–Crippen MR) is 84.6 cm³/mol. The fourth-order valence-corrected chi connectivity index (χ4v) is 2.11. The first-order chi connectivity index (χ1) is 9.72. The maximum atomic E-state index is 6.08. The van der Waals surface area contributed by atoms with Crippen molar-refractivity contribution in [1.29, 1.82) is 0 Å². The van der Waals surface area contributed by atoms with Crippen molar-refractivity contribution in [3.8, 4) is 11.5 Å². The van der Waals surface area contributed by atoms with E-state index in [1.54, 1.807) is 0 Å². The van der Waals surface area contributed by atoms with Gasteiger partial charge in [-0.1, -0.05) is 38.8 Å². The summed E-state index contributed by atoms with van der Waals surface area (Å²) in [6.45, 7) is 7.69. The number of ether oxygens (including phenoxy) is 2. The van der Waals surface area contributed by atoms with Gasteiger partial charge in [-0.15, -0.1) is 0 Å². The molecule has 0 heterocycles. The molecule has 114 valence electrons. The molecule has 0 aliphatic heterocycles. The molecule has 1 unspecified atom stereocenters. The number of unbranched alkanes of at least 4 members (excludes halogenated alkanes) is 2. The first-order valence-electron chi connectivity index (χ1n) is 7.85. The van der Waals surface area contributed by atoms with Crippen molar-refractivity contribution >= 4 is 0 Å². The van der Waals surface area contributed by atoms with Crippen LogP contribution in [0.1, 0.15) is 52.0 Å². The fraction of sp³-hybridized carbons (Fsp3) is 0.647. The number of rotatable bonds is 10. The molecule has 0 amide bonds. The van der Waals surface area contributed by atoms with Crippen LogP contribution in [0.2, 0.25) is 0 Å². The van der Waals surface area contributed by atoms with Crippen molar-refractivity contribution in [3.05, 3.63) is 23.8 Å². The zero-order valence-corrected chi connectivity index (χ0v) is 13.2. The van der Waals surface area contributed by atoms with Crippen molar-refractivity contribution < 1.29 is 9.47 Å². The Hall–Kier alpha value is -1.22. The molecule has 0 fully saturated rings. The van der Waals surface area contributed by atoms with Gasteiger partial charge in [-0.2, -0.15) is 0 Å². The highest BCUT2D eigenvalue weighted by atomic mass is 16.5.